The molecule has 0 saturated heterocycles. The minimum Gasteiger partial charge on any atom is -0.382 e. The molecule has 136 valence electrons. The zero-order valence-electron chi connectivity index (χ0n) is 14.6. The number of carbonyl (C=O) groups is 1. The van der Waals surface area contributed by atoms with E-state index in [0.29, 0.717) is 39.2 Å². The predicted octanol–water partition coefficient (Wildman–Crippen LogP) is 2.20. The van der Waals surface area contributed by atoms with Crippen molar-refractivity contribution in [2.24, 2.45) is 0 Å². The molecule has 0 saturated carbocycles. The van der Waals surface area contributed by atoms with Gasteiger partial charge in [0.2, 0.25) is 0 Å². The van der Waals surface area contributed by atoms with Gasteiger partial charge in [0.05, 0.1) is 16.8 Å². The summed E-state index contributed by atoms with van der Waals surface area (Å²) in [6.07, 6.45) is 2.82. The summed E-state index contributed by atoms with van der Waals surface area (Å²) in [4.78, 5) is 23.2. The number of pyridine rings is 1. The predicted molar refractivity (Wildman–Crippen MR) is 98.9 cm³/mol. The number of aromatic amines is 1. The number of nitrogens with zero attached hydrogens (tertiary/aromatic N) is 4. The van der Waals surface area contributed by atoms with Crippen LogP contribution in [0.3, 0.4) is 0 Å². The van der Waals surface area contributed by atoms with Gasteiger partial charge < -0.3 is 16.0 Å². The number of H-pyrrole nitrogens is 1. The van der Waals surface area contributed by atoms with Crippen molar-refractivity contribution in [2.45, 2.75) is 6.92 Å². The second-order valence-corrected chi connectivity index (χ2v) is 5.99. The van der Waals surface area contributed by atoms with Crippen LogP contribution in [-0.4, -0.2) is 37.7 Å². The number of amides is 1. The molecule has 1 amide bonds. The Morgan fingerprint density at radius 1 is 1.30 bits per heavy atom. The number of fused-ring (bicyclic) bond motifs is 1. The molecule has 3 heterocycles. The van der Waals surface area contributed by atoms with Crippen molar-refractivity contribution < 1.29 is 9.18 Å². The number of anilines is 1. The Morgan fingerprint density at radius 3 is 2.78 bits per heavy atom. The first-order valence-electron chi connectivity index (χ1n) is 8.15. The fraction of sp³-hybridized carbons (Fsp3) is 0.111. The van der Waals surface area contributed by atoms with E-state index in [1.54, 1.807) is 29.8 Å². The number of nitrogens with two attached hydrogens (primary N) is 1. The molecule has 3 aromatic heterocycles. The Balaban J connectivity index is 1.84. The normalized spacial score (nSPS) is 11.1. The van der Waals surface area contributed by atoms with Gasteiger partial charge >= 0.3 is 0 Å². The molecule has 0 aliphatic rings. The van der Waals surface area contributed by atoms with Gasteiger partial charge in [0, 0.05) is 36.0 Å². The smallest absolute Gasteiger partial charge is 0.253 e. The lowest BCUT2D eigenvalue weighted by Crippen LogP contribution is -2.18. The average molecular weight is 365 g/mol. The van der Waals surface area contributed by atoms with Crippen LogP contribution in [-0.2, 0) is 0 Å². The topological polar surface area (TPSA) is 115 Å². The maximum atomic E-state index is 14.8. The summed E-state index contributed by atoms with van der Waals surface area (Å²) in [6.45, 7) is 1.78. The summed E-state index contributed by atoms with van der Waals surface area (Å²) in [6, 6.07) is 6.45. The summed E-state index contributed by atoms with van der Waals surface area (Å²) in [5, 5.41) is 7.21. The fourth-order valence-corrected chi connectivity index (χ4v) is 3.00. The highest BCUT2D eigenvalue weighted by molar-refractivity contribution is 6.09. The lowest BCUT2D eigenvalue weighted by molar-refractivity contribution is 0.0964. The van der Waals surface area contributed by atoms with Crippen LogP contribution in [0.15, 0.2) is 36.8 Å². The Kier molecular flexibility index (Phi) is 3.84. The van der Waals surface area contributed by atoms with Crippen molar-refractivity contribution in [2.75, 3.05) is 12.8 Å². The van der Waals surface area contributed by atoms with Crippen LogP contribution in [0.25, 0.3) is 27.8 Å². The Labute approximate surface area is 153 Å². The van der Waals surface area contributed by atoms with E-state index in [2.05, 4.69) is 25.4 Å². The van der Waals surface area contributed by atoms with Gasteiger partial charge in [-0.05, 0) is 25.1 Å². The standard InChI is InChI=1S/C18H16FN7O/c1-9-23-8-24-26(9)10-3-4-11(14(19)5-10)15-6-12-13(18(27)21-2)7-22-17(20)16(12)25-15/h3-8,25H,1-2H3,(H2,20,22)(H,21,27). The molecule has 8 nitrogen and oxygen atoms in total. The summed E-state index contributed by atoms with van der Waals surface area (Å²) in [5.74, 6) is 0.151. The van der Waals surface area contributed by atoms with E-state index in [1.807, 2.05) is 0 Å². The number of hydrogen-bond acceptors (Lipinski definition) is 5. The first-order chi connectivity index (χ1) is 13.0. The van der Waals surface area contributed by atoms with Crippen LogP contribution >= 0.6 is 0 Å². The van der Waals surface area contributed by atoms with Crippen LogP contribution in [0.1, 0.15) is 16.2 Å². The summed E-state index contributed by atoms with van der Waals surface area (Å²) < 4.78 is 16.4. The molecule has 4 N–H and O–H groups in total. The SMILES string of the molecule is CNC(=O)c1cnc(N)c2[nH]c(-c3ccc(-n4ncnc4C)cc3F)cc12. The lowest BCUT2D eigenvalue weighted by Gasteiger charge is -2.06. The quantitative estimate of drug-likeness (QED) is 0.515. The molecule has 0 unspecified atom stereocenters. The Morgan fingerprint density at radius 2 is 2.11 bits per heavy atom. The molecule has 4 aromatic rings. The molecule has 0 fully saturated rings. The molecular weight excluding hydrogens is 349 g/mol. The number of nitrogen functional groups attached to an aromatic ring is 1. The molecule has 27 heavy (non-hydrogen) atoms. The van der Waals surface area contributed by atoms with Gasteiger partial charge in [-0.25, -0.2) is 19.0 Å². The molecule has 0 spiro atoms. The minimum atomic E-state index is -0.443. The molecular formula is C18H16FN7O. The highest BCUT2D eigenvalue weighted by Crippen LogP contribution is 2.31. The molecule has 0 radical (unpaired) electrons. The van der Waals surface area contributed by atoms with E-state index in [-0.39, 0.29) is 11.7 Å². The van der Waals surface area contributed by atoms with Crippen molar-refractivity contribution in [1.29, 1.82) is 0 Å². The third-order valence-electron chi connectivity index (χ3n) is 4.37. The highest BCUT2D eigenvalue weighted by atomic mass is 19.1. The van der Waals surface area contributed by atoms with Gasteiger partial charge in [-0.1, -0.05) is 0 Å². The number of halogens is 1. The van der Waals surface area contributed by atoms with E-state index in [1.165, 1.54) is 25.6 Å². The van der Waals surface area contributed by atoms with Gasteiger partial charge in [-0.3, -0.25) is 4.79 Å². The van der Waals surface area contributed by atoms with Crippen molar-refractivity contribution in [3.8, 4) is 16.9 Å². The van der Waals surface area contributed by atoms with Crippen molar-refractivity contribution >= 4 is 22.6 Å². The number of aryl methyl sites for hydroxylation is 1. The minimum absolute atomic E-state index is 0.235. The van der Waals surface area contributed by atoms with E-state index in [9.17, 15) is 9.18 Å². The second kappa shape index (κ2) is 6.20. The summed E-state index contributed by atoms with van der Waals surface area (Å²) in [5.41, 5.74) is 8.16. The van der Waals surface area contributed by atoms with Crippen LogP contribution in [0, 0.1) is 12.7 Å². The fourth-order valence-electron chi connectivity index (χ4n) is 3.00. The van der Waals surface area contributed by atoms with Gasteiger partial charge in [0.25, 0.3) is 5.91 Å². The van der Waals surface area contributed by atoms with Crippen molar-refractivity contribution in [3.05, 3.63) is 54.0 Å². The first kappa shape index (κ1) is 16.7. The maximum Gasteiger partial charge on any atom is 0.253 e. The Bertz CT molecular complexity index is 1180. The number of hydrogen-bond donors (Lipinski definition) is 3. The number of rotatable bonds is 3. The first-order valence-corrected chi connectivity index (χ1v) is 8.15. The lowest BCUT2D eigenvalue weighted by atomic mass is 10.1. The molecule has 0 aliphatic carbocycles. The van der Waals surface area contributed by atoms with E-state index in [0.717, 1.165) is 0 Å². The molecule has 9 heteroatoms. The zero-order chi connectivity index (χ0) is 19.1. The van der Waals surface area contributed by atoms with E-state index < -0.39 is 5.82 Å². The van der Waals surface area contributed by atoms with E-state index in [4.69, 9.17) is 5.73 Å². The highest BCUT2D eigenvalue weighted by Gasteiger charge is 2.17. The molecule has 0 aliphatic heterocycles. The molecule has 0 bridgehead atoms. The van der Waals surface area contributed by atoms with Crippen LogP contribution in [0.5, 0.6) is 0 Å². The molecule has 0 atom stereocenters. The van der Waals surface area contributed by atoms with E-state index >= 15 is 0 Å². The number of carbonyl (C=O) groups excluding carboxylic acids is 1. The van der Waals surface area contributed by atoms with Gasteiger partial charge in [-0.15, -0.1) is 0 Å². The van der Waals surface area contributed by atoms with Crippen LogP contribution in [0.2, 0.25) is 0 Å². The summed E-state index contributed by atoms with van der Waals surface area (Å²) >= 11 is 0. The van der Waals surface area contributed by atoms with Crippen LogP contribution < -0.4 is 11.1 Å². The van der Waals surface area contributed by atoms with Gasteiger partial charge in [0.15, 0.2) is 0 Å². The van der Waals surface area contributed by atoms with Crippen molar-refractivity contribution in [1.82, 2.24) is 30.0 Å². The van der Waals surface area contributed by atoms with Crippen molar-refractivity contribution in [3.63, 3.8) is 0 Å². The maximum absolute atomic E-state index is 14.8. The third-order valence-corrected chi connectivity index (χ3v) is 4.37. The largest absolute Gasteiger partial charge is 0.382 e. The second-order valence-electron chi connectivity index (χ2n) is 5.99. The number of benzene rings is 1. The van der Waals surface area contributed by atoms with Gasteiger partial charge in [-0.2, -0.15) is 5.10 Å². The zero-order valence-corrected chi connectivity index (χ0v) is 14.6. The van der Waals surface area contributed by atoms with Gasteiger partial charge in [0.1, 0.15) is 23.8 Å². The summed E-state index contributed by atoms with van der Waals surface area (Å²) in [7, 11) is 1.53. The molecule has 1 aromatic carbocycles. The number of nitrogens with one attached hydrogen (secondary N) is 2. The Hall–Kier alpha value is -3.75. The molecule has 4 rings (SSSR count). The van der Waals surface area contributed by atoms with Crippen LogP contribution in [0.4, 0.5) is 10.2 Å². The third kappa shape index (κ3) is 2.69. The monoisotopic (exact) mass is 365 g/mol. The average Bonchev–Trinajstić information content (AvgIpc) is 3.28. The number of aromatic nitrogens is 5.